The van der Waals surface area contributed by atoms with Gasteiger partial charge in [-0.05, 0) is 44.9 Å². The first-order chi connectivity index (χ1) is 9.01. The number of pyridine rings is 1. The highest BCUT2D eigenvalue weighted by molar-refractivity contribution is 5.79. The molecule has 1 aromatic rings. The van der Waals surface area contributed by atoms with Crippen LogP contribution in [0, 0.1) is 5.82 Å². The zero-order chi connectivity index (χ0) is 14.0. The van der Waals surface area contributed by atoms with E-state index in [1.54, 1.807) is 6.07 Å². The van der Waals surface area contributed by atoms with E-state index in [1.807, 2.05) is 18.7 Å². The fraction of sp³-hybridized carbons (Fsp3) is 0.571. The highest BCUT2D eigenvalue weighted by Gasteiger charge is 2.48. The van der Waals surface area contributed by atoms with E-state index in [0.29, 0.717) is 18.5 Å². The average Bonchev–Trinajstić information content (AvgIpc) is 2.83. The fourth-order valence-corrected chi connectivity index (χ4v) is 3.02. The lowest BCUT2D eigenvalue weighted by atomic mass is 9.91. The topological polar surface area (TPSA) is 53.4 Å². The number of aliphatic carboxylic acids is 1. The van der Waals surface area contributed by atoms with Crippen molar-refractivity contribution >= 4 is 5.97 Å². The molecule has 1 saturated heterocycles. The van der Waals surface area contributed by atoms with Gasteiger partial charge < -0.3 is 5.11 Å². The summed E-state index contributed by atoms with van der Waals surface area (Å²) in [5.74, 6) is -1.15. The van der Waals surface area contributed by atoms with Gasteiger partial charge in [-0.3, -0.25) is 14.7 Å². The first-order valence-corrected chi connectivity index (χ1v) is 6.63. The van der Waals surface area contributed by atoms with E-state index in [1.165, 1.54) is 12.3 Å². The number of likely N-dealkylation sites (tertiary alicyclic amines) is 1. The van der Waals surface area contributed by atoms with Crippen molar-refractivity contribution in [1.29, 1.82) is 0 Å². The van der Waals surface area contributed by atoms with Gasteiger partial charge in [0.2, 0.25) is 0 Å². The van der Waals surface area contributed by atoms with Crippen LogP contribution in [0.5, 0.6) is 0 Å². The third-order valence-electron chi connectivity index (χ3n) is 4.17. The van der Waals surface area contributed by atoms with Crippen molar-refractivity contribution in [2.75, 3.05) is 6.54 Å². The molecule has 2 unspecified atom stereocenters. The van der Waals surface area contributed by atoms with Crippen LogP contribution < -0.4 is 0 Å². The van der Waals surface area contributed by atoms with Crippen LogP contribution in [0.3, 0.4) is 0 Å². The summed E-state index contributed by atoms with van der Waals surface area (Å²) in [5, 5.41) is 9.55. The zero-order valence-electron chi connectivity index (χ0n) is 11.3. The number of halogens is 1. The van der Waals surface area contributed by atoms with E-state index in [-0.39, 0.29) is 11.9 Å². The number of carboxylic acids is 1. The summed E-state index contributed by atoms with van der Waals surface area (Å²) in [5.41, 5.74) is -0.0995. The molecule has 19 heavy (non-hydrogen) atoms. The lowest BCUT2D eigenvalue weighted by molar-refractivity contribution is -0.151. The largest absolute Gasteiger partial charge is 0.480 e. The van der Waals surface area contributed by atoms with Gasteiger partial charge >= 0.3 is 5.97 Å². The Bertz CT molecular complexity index is 463. The van der Waals surface area contributed by atoms with Gasteiger partial charge in [-0.15, -0.1) is 0 Å². The Balaban J connectivity index is 2.29. The van der Waals surface area contributed by atoms with E-state index >= 15 is 0 Å². The molecule has 2 heterocycles. The van der Waals surface area contributed by atoms with Gasteiger partial charge in [0.15, 0.2) is 0 Å². The van der Waals surface area contributed by atoms with Crippen LogP contribution in [0.1, 0.15) is 44.8 Å². The molecule has 0 amide bonds. The Kier molecular flexibility index (Phi) is 3.85. The minimum absolute atomic E-state index is 0.126. The second-order valence-electron chi connectivity index (χ2n) is 5.06. The highest BCUT2D eigenvalue weighted by Crippen LogP contribution is 2.38. The zero-order valence-corrected chi connectivity index (χ0v) is 11.3. The molecule has 104 valence electrons. The number of hydrogen-bond acceptors (Lipinski definition) is 3. The molecule has 0 bridgehead atoms. The van der Waals surface area contributed by atoms with E-state index in [4.69, 9.17) is 0 Å². The summed E-state index contributed by atoms with van der Waals surface area (Å²) in [6.07, 6.45) is 3.26. The summed E-state index contributed by atoms with van der Waals surface area (Å²) in [6, 6.07) is 2.86. The smallest absolute Gasteiger partial charge is 0.324 e. The summed E-state index contributed by atoms with van der Waals surface area (Å²) in [7, 11) is 0. The van der Waals surface area contributed by atoms with Gasteiger partial charge in [-0.1, -0.05) is 6.92 Å². The molecule has 2 atom stereocenters. The number of rotatable bonds is 4. The SMILES string of the molecule is CCC1(C(=O)O)CCCN1C(C)c1ccc(F)cn1. The Labute approximate surface area is 112 Å². The quantitative estimate of drug-likeness (QED) is 0.910. The summed E-state index contributed by atoms with van der Waals surface area (Å²) in [4.78, 5) is 17.7. The van der Waals surface area contributed by atoms with Crippen molar-refractivity contribution in [3.63, 3.8) is 0 Å². The summed E-state index contributed by atoms with van der Waals surface area (Å²) in [6.45, 7) is 4.57. The van der Waals surface area contributed by atoms with Crippen LogP contribution in [0.4, 0.5) is 4.39 Å². The van der Waals surface area contributed by atoms with Crippen molar-refractivity contribution in [1.82, 2.24) is 9.88 Å². The molecule has 0 saturated carbocycles. The lowest BCUT2D eigenvalue weighted by Crippen LogP contribution is -2.51. The molecule has 4 nitrogen and oxygen atoms in total. The predicted octanol–water partition coefficient (Wildman–Crippen LogP) is 2.61. The highest BCUT2D eigenvalue weighted by atomic mass is 19.1. The average molecular weight is 266 g/mol. The monoisotopic (exact) mass is 266 g/mol. The van der Waals surface area contributed by atoms with Gasteiger partial charge in [0.25, 0.3) is 0 Å². The molecule has 1 fully saturated rings. The van der Waals surface area contributed by atoms with E-state index in [2.05, 4.69) is 4.98 Å². The molecular weight excluding hydrogens is 247 g/mol. The molecule has 1 aromatic heterocycles. The van der Waals surface area contributed by atoms with Gasteiger partial charge in [-0.2, -0.15) is 0 Å². The van der Waals surface area contributed by atoms with E-state index < -0.39 is 11.5 Å². The first kappa shape index (κ1) is 13.9. The van der Waals surface area contributed by atoms with Crippen molar-refractivity contribution < 1.29 is 14.3 Å². The Morgan fingerprint density at radius 2 is 2.37 bits per heavy atom. The summed E-state index contributed by atoms with van der Waals surface area (Å²) < 4.78 is 12.9. The van der Waals surface area contributed by atoms with Crippen molar-refractivity contribution in [2.45, 2.75) is 44.7 Å². The predicted molar refractivity (Wildman–Crippen MR) is 69.2 cm³/mol. The maximum absolute atomic E-state index is 12.9. The molecule has 1 N–H and O–H groups in total. The molecule has 5 heteroatoms. The third-order valence-corrected chi connectivity index (χ3v) is 4.17. The first-order valence-electron chi connectivity index (χ1n) is 6.63. The minimum Gasteiger partial charge on any atom is -0.480 e. The molecule has 1 aliphatic rings. The maximum Gasteiger partial charge on any atom is 0.324 e. The minimum atomic E-state index is -0.810. The number of aromatic nitrogens is 1. The van der Waals surface area contributed by atoms with Gasteiger partial charge in [0.1, 0.15) is 11.4 Å². The molecule has 0 aromatic carbocycles. The van der Waals surface area contributed by atoms with Crippen LogP contribution >= 0.6 is 0 Å². The van der Waals surface area contributed by atoms with Crippen LogP contribution in [0.25, 0.3) is 0 Å². The number of carboxylic acid groups (broad SMARTS) is 1. The third kappa shape index (κ3) is 2.34. The van der Waals surface area contributed by atoms with Crippen molar-refractivity contribution in [3.05, 3.63) is 29.8 Å². The number of hydrogen-bond donors (Lipinski definition) is 1. The Morgan fingerprint density at radius 1 is 1.63 bits per heavy atom. The van der Waals surface area contributed by atoms with Crippen molar-refractivity contribution in [2.24, 2.45) is 0 Å². The Morgan fingerprint density at radius 3 is 2.89 bits per heavy atom. The molecule has 2 rings (SSSR count). The lowest BCUT2D eigenvalue weighted by Gasteiger charge is -2.37. The molecule has 0 radical (unpaired) electrons. The second kappa shape index (κ2) is 5.25. The van der Waals surface area contributed by atoms with Gasteiger partial charge in [0, 0.05) is 0 Å². The molecular formula is C14H19FN2O2. The standard InChI is InChI=1S/C14H19FN2O2/c1-3-14(13(18)19)7-4-8-17(14)10(2)12-6-5-11(15)9-16-12/h5-6,9-10H,3-4,7-8H2,1-2H3,(H,18,19). The maximum atomic E-state index is 12.9. The van der Waals surface area contributed by atoms with E-state index in [0.717, 1.165) is 13.0 Å². The molecule has 0 aliphatic carbocycles. The van der Waals surface area contributed by atoms with Crippen LogP contribution in [0.15, 0.2) is 18.3 Å². The number of carbonyl (C=O) groups is 1. The normalized spacial score (nSPS) is 25.4. The Hall–Kier alpha value is -1.49. The van der Waals surface area contributed by atoms with Gasteiger partial charge in [-0.25, -0.2) is 4.39 Å². The second-order valence-corrected chi connectivity index (χ2v) is 5.06. The molecule has 1 aliphatic heterocycles. The van der Waals surface area contributed by atoms with Crippen LogP contribution in [-0.4, -0.2) is 33.0 Å². The molecule has 0 spiro atoms. The summed E-state index contributed by atoms with van der Waals surface area (Å²) >= 11 is 0. The fourth-order valence-electron chi connectivity index (χ4n) is 3.02. The van der Waals surface area contributed by atoms with Gasteiger partial charge in [0.05, 0.1) is 17.9 Å². The number of nitrogens with zero attached hydrogens (tertiary/aromatic N) is 2. The van der Waals surface area contributed by atoms with E-state index in [9.17, 15) is 14.3 Å². The van der Waals surface area contributed by atoms with Crippen LogP contribution in [0.2, 0.25) is 0 Å². The van der Waals surface area contributed by atoms with Crippen LogP contribution in [-0.2, 0) is 4.79 Å². The van der Waals surface area contributed by atoms with Crippen molar-refractivity contribution in [3.8, 4) is 0 Å².